The quantitative estimate of drug-likeness (QED) is 0.254. The Hall–Kier alpha value is -3.72. The predicted molar refractivity (Wildman–Crippen MR) is 155 cm³/mol. The maximum absolute atomic E-state index is 13.5. The SMILES string of the molecule is O=C1c2cccc3c(N4CCN(CCO)CC4)ccc(c23)C(=O)N1CCCNc1ccnc2cc(Cl)ccc12. The average molecular weight is 544 g/mol. The minimum Gasteiger partial charge on any atom is -0.395 e. The molecule has 2 aliphatic rings. The van der Waals surface area contributed by atoms with E-state index in [0.29, 0.717) is 42.2 Å². The predicted octanol–water partition coefficient (Wildman–Crippen LogP) is 4.25. The Kier molecular flexibility index (Phi) is 7.08. The third-order valence-electron chi connectivity index (χ3n) is 7.68. The number of carbonyl (C=O) groups excluding carboxylic acids is 2. The van der Waals surface area contributed by atoms with Crippen LogP contribution in [0.2, 0.25) is 5.02 Å². The Bertz CT molecular complexity index is 1550. The molecule has 200 valence electrons. The van der Waals surface area contributed by atoms with Crippen LogP contribution in [0.4, 0.5) is 11.4 Å². The lowest BCUT2D eigenvalue weighted by Gasteiger charge is -2.37. The number of hydrogen-bond donors (Lipinski definition) is 2. The number of aliphatic hydroxyl groups excluding tert-OH is 1. The number of amides is 2. The largest absolute Gasteiger partial charge is 0.395 e. The Labute approximate surface area is 231 Å². The normalized spacial score (nSPS) is 15.9. The standard InChI is InChI=1S/C30H30ClN5O3/c31-20-5-6-21-25(9-11-33-26(21)19-20)32-10-2-12-36-29(38)23-4-1-3-22-27(8-7-24(28(22)23)30(36)39)35-15-13-34(14-16-35)17-18-37/h1,3-9,11,19,37H,2,10,12-18H2,(H,32,33). The number of rotatable bonds is 8. The molecule has 1 saturated heterocycles. The molecule has 2 N–H and O–H groups in total. The molecule has 0 spiro atoms. The first kappa shape index (κ1) is 25.6. The van der Waals surface area contributed by atoms with Gasteiger partial charge in [-0.3, -0.25) is 24.4 Å². The zero-order valence-corrected chi connectivity index (χ0v) is 22.3. The van der Waals surface area contributed by atoms with Gasteiger partial charge >= 0.3 is 0 Å². The van der Waals surface area contributed by atoms with Crippen LogP contribution in [-0.4, -0.2) is 84.1 Å². The molecule has 4 aromatic rings. The van der Waals surface area contributed by atoms with E-state index >= 15 is 0 Å². The summed E-state index contributed by atoms with van der Waals surface area (Å²) in [6.45, 7) is 5.16. The van der Waals surface area contributed by atoms with Crippen LogP contribution in [0.5, 0.6) is 0 Å². The number of carbonyl (C=O) groups is 2. The van der Waals surface area contributed by atoms with Crippen LogP contribution in [0.25, 0.3) is 21.7 Å². The number of fused-ring (bicyclic) bond motifs is 1. The average Bonchev–Trinajstić information content (AvgIpc) is 2.95. The maximum Gasteiger partial charge on any atom is 0.261 e. The lowest BCUT2D eigenvalue weighted by molar-refractivity contribution is 0.0610. The van der Waals surface area contributed by atoms with Crippen molar-refractivity contribution in [3.63, 3.8) is 0 Å². The van der Waals surface area contributed by atoms with Crippen molar-refractivity contribution in [3.8, 4) is 0 Å². The summed E-state index contributed by atoms with van der Waals surface area (Å²) in [5, 5.41) is 16.0. The van der Waals surface area contributed by atoms with Crippen LogP contribution in [0.3, 0.4) is 0 Å². The minimum atomic E-state index is -0.244. The number of anilines is 2. The van der Waals surface area contributed by atoms with Crippen molar-refractivity contribution >= 4 is 56.5 Å². The Morgan fingerprint density at radius 2 is 1.69 bits per heavy atom. The van der Waals surface area contributed by atoms with Gasteiger partial charge in [0, 0.05) is 95.7 Å². The van der Waals surface area contributed by atoms with Gasteiger partial charge in [0.05, 0.1) is 12.1 Å². The number of piperazine rings is 1. The second-order valence-electron chi connectivity index (χ2n) is 9.97. The van der Waals surface area contributed by atoms with Gasteiger partial charge in [-0.25, -0.2) is 0 Å². The first-order valence-electron chi connectivity index (χ1n) is 13.3. The van der Waals surface area contributed by atoms with Crippen LogP contribution in [0.1, 0.15) is 27.1 Å². The van der Waals surface area contributed by atoms with E-state index in [9.17, 15) is 14.7 Å². The molecule has 0 bridgehead atoms. The van der Waals surface area contributed by atoms with Crippen LogP contribution in [-0.2, 0) is 0 Å². The summed E-state index contributed by atoms with van der Waals surface area (Å²) in [7, 11) is 0. The molecule has 0 radical (unpaired) electrons. The second kappa shape index (κ2) is 10.8. The number of nitrogens with zero attached hydrogens (tertiary/aromatic N) is 4. The van der Waals surface area contributed by atoms with E-state index in [1.54, 1.807) is 6.20 Å². The molecule has 0 unspecified atom stereocenters. The van der Waals surface area contributed by atoms with E-state index in [1.165, 1.54) is 4.90 Å². The van der Waals surface area contributed by atoms with E-state index in [0.717, 1.165) is 59.2 Å². The lowest BCUT2D eigenvalue weighted by atomic mass is 9.92. The number of aromatic nitrogens is 1. The number of hydrogen-bond acceptors (Lipinski definition) is 7. The highest BCUT2D eigenvalue weighted by Crippen LogP contribution is 2.36. The smallest absolute Gasteiger partial charge is 0.261 e. The molecule has 0 saturated carbocycles. The first-order chi connectivity index (χ1) is 19.0. The zero-order valence-electron chi connectivity index (χ0n) is 21.6. The van der Waals surface area contributed by atoms with Gasteiger partial charge in [-0.05, 0) is 48.9 Å². The van der Waals surface area contributed by atoms with Crippen LogP contribution in [0, 0.1) is 0 Å². The van der Waals surface area contributed by atoms with E-state index < -0.39 is 0 Å². The third-order valence-corrected chi connectivity index (χ3v) is 7.91. The number of pyridine rings is 1. The van der Waals surface area contributed by atoms with Gasteiger partial charge in [0.15, 0.2) is 0 Å². The van der Waals surface area contributed by atoms with Crippen molar-refractivity contribution < 1.29 is 14.7 Å². The molecule has 0 aliphatic carbocycles. The molecule has 2 aliphatic heterocycles. The molecule has 3 heterocycles. The van der Waals surface area contributed by atoms with Crippen molar-refractivity contribution in [2.75, 3.05) is 62.6 Å². The summed E-state index contributed by atoms with van der Waals surface area (Å²) in [5.74, 6) is -0.487. The number of halogens is 1. The van der Waals surface area contributed by atoms with Gasteiger partial charge in [0.1, 0.15) is 0 Å². The fourth-order valence-corrected chi connectivity index (χ4v) is 5.87. The zero-order chi connectivity index (χ0) is 26.9. The van der Waals surface area contributed by atoms with E-state index in [1.807, 2.05) is 54.6 Å². The van der Waals surface area contributed by atoms with Gasteiger partial charge in [-0.15, -0.1) is 0 Å². The molecule has 1 aromatic heterocycles. The molecule has 0 atom stereocenters. The summed E-state index contributed by atoms with van der Waals surface area (Å²) in [6.07, 6.45) is 2.34. The number of nitrogens with one attached hydrogen (secondary N) is 1. The Balaban J connectivity index is 1.17. The minimum absolute atomic E-state index is 0.160. The molecule has 39 heavy (non-hydrogen) atoms. The molecule has 2 amide bonds. The summed E-state index contributed by atoms with van der Waals surface area (Å²) in [5.41, 5.74) is 3.95. The molecular formula is C30H30ClN5O3. The topological polar surface area (TPSA) is 89.0 Å². The van der Waals surface area contributed by atoms with Crippen LogP contribution >= 0.6 is 11.6 Å². The number of imide groups is 1. The molecule has 3 aromatic carbocycles. The molecule has 6 rings (SSSR count). The second-order valence-corrected chi connectivity index (χ2v) is 10.4. The van der Waals surface area contributed by atoms with Crippen molar-refractivity contribution in [1.82, 2.24) is 14.8 Å². The van der Waals surface area contributed by atoms with Crippen molar-refractivity contribution in [2.45, 2.75) is 6.42 Å². The highest BCUT2D eigenvalue weighted by molar-refractivity contribution is 6.31. The van der Waals surface area contributed by atoms with Gasteiger partial charge in [-0.1, -0.05) is 23.7 Å². The van der Waals surface area contributed by atoms with Gasteiger partial charge in [0.25, 0.3) is 11.8 Å². The molecule has 8 nitrogen and oxygen atoms in total. The number of aliphatic hydroxyl groups is 1. The van der Waals surface area contributed by atoms with Crippen LogP contribution < -0.4 is 10.2 Å². The fraction of sp³-hybridized carbons (Fsp3) is 0.300. The van der Waals surface area contributed by atoms with E-state index in [-0.39, 0.29) is 18.4 Å². The Morgan fingerprint density at radius 1 is 0.897 bits per heavy atom. The summed E-state index contributed by atoms with van der Waals surface area (Å²) in [6, 6.07) is 17.1. The summed E-state index contributed by atoms with van der Waals surface area (Å²) in [4.78, 5) is 37.3. The maximum atomic E-state index is 13.5. The summed E-state index contributed by atoms with van der Waals surface area (Å²) < 4.78 is 0. The number of β-amino-alcohol motifs (C(OH)–C–C–N with tert-alkyl or cyclic N) is 1. The van der Waals surface area contributed by atoms with Gasteiger partial charge in [0.2, 0.25) is 0 Å². The molecule has 1 fully saturated rings. The first-order valence-corrected chi connectivity index (χ1v) is 13.7. The van der Waals surface area contributed by atoms with Crippen LogP contribution in [0.15, 0.2) is 60.8 Å². The van der Waals surface area contributed by atoms with Crippen molar-refractivity contribution in [1.29, 1.82) is 0 Å². The number of benzene rings is 3. The Morgan fingerprint density at radius 3 is 2.49 bits per heavy atom. The summed E-state index contributed by atoms with van der Waals surface area (Å²) >= 11 is 6.10. The van der Waals surface area contributed by atoms with Crippen molar-refractivity contribution in [3.05, 3.63) is 76.9 Å². The molecule has 9 heteroatoms. The highest BCUT2D eigenvalue weighted by Gasteiger charge is 2.33. The third kappa shape index (κ3) is 4.80. The van der Waals surface area contributed by atoms with Gasteiger partial charge in [-0.2, -0.15) is 0 Å². The fourth-order valence-electron chi connectivity index (χ4n) is 5.70. The lowest BCUT2D eigenvalue weighted by Crippen LogP contribution is -2.47. The van der Waals surface area contributed by atoms with E-state index in [2.05, 4.69) is 20.1 Å². The monoisotopic (exact) mass is 543 g/mol. The van der Waals surface area contributed by atoms with Crippen molar-refractivity contribution in [2.24, 2.45) is 0 Å². The van der Waals surface area contributed by atoms with E-state index in [4.69, 9.17) is 11.6 Å². The van der Waals surface area contributed by atoms with Gasteiger partial charge < -0.3 is 15.3 Å². The highest BCUT2D eigenvalue weighted by atomic mass is 35.5. The molecular weight excluding hydrogens is 514 g/mol.